The van der Waals surface area contributed by atoms with Crippen molar-refractivity contribution in [3.63, 3.8) is 0 Å². The van der Waals surface area contributed by atoms with Crippen LogP contribution in [0.15, 0.2) is 12.4 Å². The van der Waals surface area contributed by atoms with E-state index in [9.17, 15) is 0 Å². The van der Waals surface area contributed by atoms with Crippen molar-refractivity contribution in [2.24, 2.45) is 5.41 Å². The molecule has 1 N–H and O–H groups in total. The van der Waals surface area contributed by atoms with Crippen molar-refractivity contribution in [2.45, 2.75) is 46.6 Å². The normalized spacial score (nSPS) is 11.2. The molecule has 0 aliphatic rings. The Morgan fingerprint density at radius 3 is 2.67 bits per heavy atom. The Hall–Kier alpha value is -1.47. The SMILES string of the molecule is Cc1cnc(CNCCCCC(C)(C)C#N)cn1. The van der Waals surface area contributed by atoms with Gasteiger partial charge in [0.15, 0.2) is 0 Å². The first-order valence-corrected chi connectivity index (χ1v) is 6.43. The lowest BCUT2D eigenvalue weighted by Gasteiger charge is -2.14. The van der Waals surface area contributed by atoms with E-state index in [2.05, 4.69) is 21.4 Å². The van der Waals surface area contributed by atoms with E-state index in [1.807, 2.05) is 20.8 Å². The van der Waals surface area contributed by atoms with Crippen LogP contribution in [-0.2, 0) is 6.54 Å². The lowest BCUT2D eigenvalue weighted by molar-refractivity contribution is 0.422. The molecule has 1 aromatic rings. The molecule has 0 saturated heterocycles. The zero-order valence-corrected chi connectivity index (χ0v) is 11.5. The summed E-state index contributed by atoms with van der Waals surface area (Å²) in [6.07, 6.45) is 6.71. The zero-order valence-electron chi connectivity index (χ0n) is 11.5. The number of unbranched alkanes of at least 4 members (excludes halogenated alkanes) is 1. The van der Waals surface area contributed by atoms with Crippen LogP contribution >= 0.6 is 0 Å². The second kappa shape index (κ2) is 7.07. The summed E-state index contributed by atoms with van der Waals surface area (Å²) >= 11 is 0. The summed E-state index contributed by atoms with van der Waals surface area (Å²) in [6.45, 7) is 7.62. The van der Waals surface area contributed by atoms with Gasteiger partial charge in [-0.2, -0.15) is 5.26 Å². The number of nitrogens with zero attached hydrogens (tertiary/aromatic N) is 3. The third-order valence-electron chi connectivity index (χ3n) is 2.85. The maximum Gasteiger partial charge on any atom is 0.0724 e. The van der Waals surface area contributed by atoms with Gasteiger partial charge >= 0.3 is 0 Å². The lowest BCUT2D eigenvalue weighted by Crippen LogP contribution is -2.16. The molecular formula is C14H22N4. The first-order valence-electron chi connectivity index (χ1n) is 6.43. The van der Waals surface area contributed by atoms with E-state index in [1.54, 1.807) is 12.4 Å². The van der Waals surface area contributed by atoms with E-state index in [1.165, 1.54) is 0 Å². The molecule has 0 atom stereocenters. The minimum Gasteiger partial charge on any atom is -0.311 e. The lowest BCUT2D eigenvalue weighted by atomic mass is 9.89. The molecule has 0 amide bonds. The van der Waals surface area contributed by atoms with Gasteiger partial charge in [-0.3, -0.25) is 9.97 Å². The molecule has 0 unspecified atom stereocenters. The Bertz CT molecular complexity index is 389. The Labute approximate surface area is 109 Å². The minimum atomic E-state index is -0.192. The van der Waals surface area contributed by atoms with Gasteiger partial charge in [-0.1, -0.05) is 6.42 Å². The molecular weight excluding hydrogens is 224 g/mol. The van der Waals surface area contributed by atoms with Gasteiger partial charge < -0.3 is 5.32 Å². The number of nitriles is 1. The van der Waals surface area contributed by atoms with Gasteiger partial charge in [0, 0.05) is 18.9 Å². The molecule has 1 aromatic heterocycles. The maximum atomic E-state index is 8.89. The number of hydrogen-bond acceptors (Lipinski definition) is 4. The summed E-state index contributed by atoms with van der Waals surface area (Å²) in [6, 6.07) is 2.32. The highest BCUT2D eigenvalue weighted by atomic mass is 14.9. The predicted molar refractivity (Wildman–Crippen MR) is 71.7 cm³/mol. The third-order valence-corrected chi connectivity index (χ3v) is 2.85. The zero-order chi connectivity index (χ0) is 13.4. The molecule has 18 heavy (non-hydrogen) atoms. The van der Waals surface area contributed by atoms with Gasteiger partial charge in [0.1, 0.15) is 0 Å². The van der Waals surface area contributed by atoms with Crippen LogP contribution in [0, 0.1) is 23.7 Å². The molecule has 0 spiro atoms. The molecule has 0 aromatic carbocycles. The van der Waals surface area contributed by atoms with Gasteiger partial charge in [-0.25, -0.2) is 0 Å². The fourth-order valence-electron chi connectivity index (χ4n) is 1.60. The van der Waals surface area contributed by atoms with Crippen molar-refractivity contribution in [3.05, 3.63) is 23.8 Å². The topological polar surface area (TPSA) is 61.6 Å². The quantitative estimate of drug-likeness (QED) is 0.751. The van der Waals surface area contributed by atoms with E-state index >= 15 is 0 Å². The average Bonchev–Trinajstić information content (AvgIpc) is 2.36. The van der Waals surface area contributed by atoms with Crippen molar-refractivity contribution >= 4 is 0 Å². The van der Waals surface area contributed by atoms with E-state index < -0.39 is 0 Å². The largest absolute Gasteiger partial charge is 0.311 e. The summed E-state index contributed by atoms with van der Waals surface area (Å²) in [5.41, 5.74) is 1.72. The number of aryl methyl sites for hydroxylation is 1. The van der Waals surface area contributed by atoms with Crippen molar-refractivity contribution in [1.29, 1.82) is 5.26 Å². The molecule has 4 heteroatoms. The Morgan fingerprint density at radius 1 is 1.28 bits per heavy atom. The van der Waals surface area contributed by atoms with E-state index in [4.69, 9.17) is 5.26 Å². The number of nitrogens with one attached hydrogen (secondary N) is 1. The van der Waals surface area contributed by atoms with Crippen molar-refractivity contribution in [1.82, 2.24) is 15.3 Å². The Morgan fingerprint density at radius 2 is 2.06 bits per heavy atom. The predicted octanol–water partition coefficient (Wildman–Crippen LogP) is 2.59. The highest BCUT2D eigenvalue weighted by Crippen LogP contribution is 2.21. The van der Waals surface area contributed by atoms with E-state index in [0.29, 0.717) is 0 Å². The molecule has 0 bridgehead atoms. The minimum absolute atomic E-state index is 0.192. The summed E-state index contributed by atoms with van der Waals surface area (Å²) < 4.78 is 0. The third kappa shape index (κ3) is 5.74. The number of hydrogen-bond donors (Lipinski definition) is 1. The van der Waals surface area contributed by atoms with E-state index in [0.717, 1.165) is 43.7 Å². The molecule has 0 aliphatic carbocycles. The van der Waals surface area contributed by atoms with Crippen LogP contribution in [0.5, 0.6) is 0 Å². The molecule has 4 nitrogen and oxygen atoms in total. The molecule has 1 rings (SSSR count). The highest BCUT2D eigenvalue weighted by Gasteiger charge is 2.15. The van der Waals surface area contributed by atoms with Gasteiger partial charge in [0.2, 0.25) is 0 Å². The molecule has 1 heterocycles. The molecule has 98 valence electrons. The van der Waals surface area contributed by atoms with Gasteiger partial charge in [-0.05, 0) is 40.2 Å². The molecule has 0 fully saturated rings. The Kier molecular flexibility index (Phi) is 5.73. The summed E-state index contributed by atoms with van der Waals surface area (Å²) in [4.78, 5) is 8.48. The van der Waals surface area contributed by atoms with Crippen LogP contribution in [0.25, 0.3) is 0 Å². The second-order valence-electron chi connectivity index (χ2n) is 5.28. The number of aromatic nitrogens is 2. The fourth-order valence-corrected chi connectivity index (χ4v) is 1.60. The molecule has 0 radical (unpaired) electrons. The Balaban J connectivity index is 2.09. The molecule has 0 saturated carbocycles. The van der Waals surface area contributed by atoms with Gasteiger partial charge in [-0.15, -0.1) is 0 Å². The van der Waals surface area contributed by atoms with Gasteiger partial charge in [0.25, 0.3) is 0 Å². The van der Waals surface area contributed by atoms with Crippen LogP contribution < -0.4 is 5.32 Å². The smallest absolute Gasteiger partial charge is 0.0724 e. The summed E-state index contributed by atoms with van der Waals surface area (Å²) in [7, 11) is 0. The monoisotopic (exact) mass is 246 g/mol. The van der Waals surface area contributed by atoms with Crippen molar-refractivity contribution in [3.8, 4) is 6.07 Å². The van der Waals surface area contributed by atoms with Crippen molar-refractivity contribution in [2.75, 3.05) is 6.54 Å². The van der Waals surface area contributed by atoms with Crippen molar-refractivity contribution < 1.29 is 0 Å². The van der Waals surface area contributed by atoms with Crippen LogP contribution in [0.4, 0.5) is 0 Å². The van der Waals surface area contributed by atoms with Crippen LogP contribution in [0.2, 0.25) is 0 Å². The number of rotatable bonds is 7. The summed E-state index contributed by atoms with van der Waals surface area (Å²) in [5, 5.41) is 12.2. The second-order valence-corrected chi connectivity index (χ2v) is 5.28. The maximum absolute atomic E-state index is 8.89. The van der Waals surface area contributed by atoms with Crippen LogP contribution in [-0.4, -0.2) is 16.5 Å². The highest BCUT2D eigenvalue weighted by molar-refractivity contribution is 5.00. The van der Waals surface area contributed by atoms with Crippen LogP contribution in [0.1, 0.15) is 44.5 Å². The first-order chi connectivity index (χ1) is 8.53. The standard InChI is InChI=1S/C14H22N4/c1-12-8-18-13(10-17-12)9-16-7-5-4-6-14(2,3)11-15/h8,10,16H,4-7,9H2,1-3H3. The fraction of sp³-hybridized carbons (Fsp3) is 0.643. The van der Waals surface area contributed by atoms with E-state index in [-0.39, 0.29) is 5.41 Å². The molecule has 0 aliphatic heterocycles. The van der Waals surface area contributed by atoms with Gasteiger partial charge in [0.05, 0.1) is 22.9 Å². The summed E-state index contributed by atoms with van der Waals surface area (Å²) in [5.74, 6) is 0. The first kappa shape index (κ1) is 14.6. The van der Waals surface area contributed by atoms with Crippen LogP contribution in [0.3, 0.4) is 0 Å². The average molecular weight is 246 g/mol.